The van der Waals surface area contributed by atoms with Crippen molar-refractivity contribution in [2.24, 2.45) is 0 Å². The standard InChI is InChI=1S/C11H15FN2O/c1-8-2-3-9(6-13-8)14-5-4-10(12)11(15)7-14/h2-3,6,10-11,15H,4-5,7H2,1H3. The first kappa shape index (κ1) is 10.4. The van der Waals surface area contributed by atoms with E-state index in [1.54, 1.807) is 6.20 Å². The minimum Gasteiger partial charge on any atom is -0.388 e. The topological polar surface area (TPSA) is 36.4 Å². The number of halogens is 1. The van der Waals surface area contributed by atoms with Gasteiger partial charge in [0.15, 0.2) is 0 Å². The highest BCUT2D eigenvalue weighted by Crippen LogP contribution is 2.20. The molecular formula is C11H15FN2O. The van der Waals surface area contributed by atoms with Crippen molar-refractivity contribution in [3.05, 3.63) is 24.0 Å². The van der Waals surface area contributed by atoms with E-state index in [0.29, 0.717) is 19.5 Å². The highest BCUT2D eigenvalue weighted by molar-refractivity contribution is 5.45. The lowest BCUT2D eigenvalue weighted by molar-refractivity contribution is 0.0645. The van der Waals surface area contributed by atoms with E-state index in [2.05, 4.69) is 4.98 Å². The quantitative estimate of drug-likeness (QED) is 0.759. The predicted molar refractivity (Wildman–Crippen MR) is 56.7 cm³/mol. The van der Waals surface area contributed by atoms with Crippen LogP contribution in [-0.4, -0.2) is 35.5 Å². The molecule has 3 nitrogen and oxygen atoms in total. The second-order valence-corrected chi connectivity index (χ2v) is 3.98. The fourth-order valence-corrected chi connectivity index (χ4v) is 1.78. The van der Waals surface area contributed by atoms with Crippen molar-refractivity contribution in [2.75, 3.05) is 18.0 Å². The molecule has 1 aliphatic heterocycles. The van der Waals surface area contributed by atoms with E-state index in [9.17, 15) is 9.50 Å². The van der Waals surface area contributed by atoms with Gasteiger partial charge in [-0.25, -0.2) is 4.39 Å². The van der Waals surface area contributed by atoms with Gasteiger partial charge in [-0.2, -0.15) is 0 Å². The number of aryl methyl sites for hydroxylation is 1. The van der Waals surface area contributed by atoms with Crippen molar-refractivity contribution >= 4 is 5.69 Å². The van der Waals surface area contributed by atoms with Crippen LogP contribution in [0.15, 0.2) is 18.3 Å². The Kier molecular flexibility index (Phi) is 2.86. The van der Waals surface area contributed by atoms with Gasteiger partial charge in [0.25, 0.3) is 0 Å². The molecule has 2 heterocycles. The van der Waals surface area contributed by atoms with E-state index in [0.717, 1.165) is 11.4 Å². The number of rotatable bonds is 1. The summed E-state index contributed by atoms with van der Waals surface area (Å²) >= 11 is 0. The highest BCUT2D eigenvalue weighted by Gasteiger charge is 2.27. The molecule has 0 spiro atoms. The van der Waals surface area contributed by atoms with Gasteiger partial charge in [0.05, 0.1) is 11.9 Å². The summed E-state index contributed by atoms with van der Waals surface area (Å²) in [5.74, 6) is 0. The molecule has 15 heavy (non-hydrogen) atoms. The monoisotopic (exact) mass is 210 g/mol. The molecule has 0 amide bonds. The van der Waals surface area contributed by atoms with E-state index in [4.69, 9.17) is 0 Å². The molecule has 2 unspecified atom stereocenters. The number of alkyl halides is 1. The Bertz CT molecular complexity index is 328. The first-order chi connectivity index (χ1) is 7.16. The minimum absolute atomic E-state index is 0.353. The van der Waals surface area contributed by atoms with Crippen molar-refractivity contribution in [3.63, 3.8) is 0 Å². The summed E-state index contributed by atoms with van der Waals surface area (Å²) in [7, 11) is 0. The first-order valence-corrected chi connectivity index (χ1v) is 5.16. The van der Waals surface area contributed by atoms with Crippen LogP contribution < -0.4 is 4.90 Å². The van der Waals surface area contributed by atoms with E-state index >= 15 is 0 Å². The average molecular weight is 210 g/mol. The second kappa shape index (κ2) is 4.14. The Hall–Kier alpha value is -1.16. The Balaban J connectivity index is 2.08. The lowest BCUT2D eigenvalue weighted by Crippen LogP contribution is -2.45. The summed E-state index contributed by atoms with van der Waals surface area (Å²) in [5.41, 5.74) is 1.91. The smallest absolute Gasteiger partial charge is 0.129 e. The van der Waals surface area contributed by atoms with Crippen molar-refractivity contribution in [1.29, 1.82) is 0 Å². The van der Waals surface area contributed by atoms with Crippen LogP contribution in [0.2, 0.25) is 0 Å². The van der Waals surface area contributed by atoms with Crippen LogP contribution in [0.5, 0.6) is 0 Å². The first-order valence-electron chi connectivity index (χ1n) is 5.16. The molecule has 0 aliphatic carbocycles. The van der Waals surface area contributed by atoms with Gasteiger partial charge in [-0.05, 0) is 25.5 Å². The third kappa shape index (κ3) is 2.26. The minimum atomic E-state index is -1.08. The molecule has 1 saturated heterocycles. The van der Waals surface area contributed by atoms with Gasteiger partial charge in [0.1, 0.15) is 12.3 Å². The van der Waals surface area contributed by atoms with Crippen LogP contribution in [0.3, 0.4) is 0 Å². The zero-order valence-corrected chi connectivity index (χ0v) is 8.73. The third-order valence-corrected chi connectivity index (χ3v) is 2.76. The molecule has 82 valence electrons. The van der Waals surface area contributed by atoms with Crippen molar-refractivity contribution in [3.8, 4) is 0 Å². The van der Waals surface area contributed by atoms with Crippen LogP contribution in [-0.2, 0) is 0 Å². The molecule has 1 aromatic rings. The van der Waals surface area contributed by atoms with Crippen LogP contribution in [0.1, 0.15) is 12.1 Å². The van der Waals surface area contributed by atoms with Gasteiger partial charge in [0.2, 0.25) is 0 Å². The molecule has 0 radical (unpaired) electrons. The summed E-state index contributed by atoms with van der Waals surface area (Å²) < 4.78 is 13.0. The van der Waals surface area contributed by atoms with Crippen LogP contribution >= 0.6 is 0 Å². The number of nitrogens with zero attached hydrogens (tertiary/aromatic N) is 2. The zero-order chi connectivity index (χ0) is 10.8. The van der Waals surface area contributed by atoms with Gasteiger partial charge >= 0.3 is 0 Å². The number of hydrogen-bond donors (Lipinski definition) is 1. The van der Waals surface area contributed by atoms with E-state index < -0.39 is 12.3 Å². The summed E-state index contributed by atoms with van der Waals surface area (Å²) in [5, 5.41) is 9.43. The van der Waals surface area contributed by atoms with Crippen molar-refractivity contribution < 1.29 is 9.50 Å². The molecule has 4 heteroatoms. The number of pyridine rings is 1. The number of anilines is 1. The zero-order valence-electron chi connectivity index (χ0n) is 8.73. The molecule has 0 saturated carbocycles. The molecule has 1 aromatic heterocycles. The lowest BCUT2D eigenvalue weighted by atomic mass is 10.1. The van der Waals surface area contributed by atoms with Crippen LogP contribution in [0, 0.1) is 6.92 Å². The Morgan fingerprint density at radius 2 is 2.33 bits per heavy atom. The van der Waals surface area contributed by atoms with Crippen molar-refractivity contribution in [2.45, 2.75) is 25.6 Å². The van der Waals surface area contributed by atoms with E-state index in [1.165, 1.54) is 0 Å². The maximum absolute atomic E-state index is 13.0. The Morgan fingerprint density at radius 1 is 1.53 bits per heavy atom. The molecule has 2 rings (SSSR count). The van der Waals surface area contributed by atoms with Gasteiger partial charge in [-0.15, -0.1) is 0 Å². The van der Waals surface area contributed by atoms with Gasteiger partial charge in [-0.3, -0.25) is 4.98 Å². The summed E-state index contributed by atoms with van der Waals surface area (Å²) in [4.78, 5) is 6.15. The lowest BCUT2D eigenvalue weighted by Gasteiger charge is -2.33. The fraction of sp³-hybridized carbons (Fsp3) is 0.545. The summed E-state index contributed by atoms with van der Waals surface area (Å²) in [6.07, 6.45) is 0.190. The predicted octanol–water partition coefficient (Wildman–Crippen LogP) is 1.30. The number of β-amino-alcohol motifs (C(OH)–C–C–N with tert-alkyl or cyclic N) is 1. The largest absolute Gasteiger partial charge is 0.388 e. The average Bonchev–Trinajstić information content (AvgIpc) is 2.23. The molecule has 0 aromatic carbocycles. The second-order valence-electron chi connectivity index (χ2n) is 3.98. The van der Waals surface area contributed by atoms with E-state index in [-0.39, 0.29) is 0 Å². The molecule has 1 fully saturated rings. The summed E-state index contributed by atoms with van der Waals surface area (Å²) in [6, 6.07) is 3.87. The van der Waals surface area contributed by atoms with Gasteiger partial charge in [0, 0.05) is 18.8 Å². The van der Waals surface area contributed by atoms with Crippen LogP contribution in [0.25, 0.3) is 0 Å². The highest BCUT2D eigenvalue weighted by atomic mass is 19.1. The molecular weight excluding hydrogens is 195 g/mol. The normalized spacial score (nSPS) is 26.7. The number of aromatic nitrogens is 1. The number of piperidine rings is 1. The van der Waals surface area contributed by atoms with Gasteiger partial charge < -0.3 is 10.0 Å². The molecule has 2 atom stereocenters. The van der Waals surface area contributed by atoms with Crippen LogP contribution in [0.4, 0.5) is 10.1 Å². The van der Waals surface area contributed by atoms with E-state index in [1.807, 2.05) is 24.0 Å². The maximum Gasteiger partial charge on any atom is 0.129 e. The molecule has 0 bridgehead atoms. The summed E-state index contributed by atoms with van der Waals surface area (Å²) in [6.45, 7) is 2.92. The third-order valence-electron chi connectivity index (χ3n) is 2.76. The number of aliphatic hydroxyl groups excluding tert-OH is 1. The SMILES string of the molecule is Cc1ccc(N2CCC(F)C(O)C2)cn1. The maximum atomic E-state index is 13.0. The number of hydrogen-bond acceptors (Lipinski definition) is 3. The Morgan fingerprint density at radius 3 is 2.93 bits per heavy atom. The number of aliphatic hydroxyl groups is 1. The Labute approximate surface area is 88.6 Å². The van der Waals surface area contributed by atoms with Crippen molar-refractivity contribution in [1.82, 2.24) is 4.98 Å². The van der Waals surface area contributed by atoms with Gasteiger partial charge in [-0.1, -0.05) is 0 Å². The fourth-order valence-electron chi connectivity index (χ4n) is 1.78. The molecule has 1 N–H and O–H groups in total. The molecule has 1 aliphatic rings.